The van der Waals surface area contributed by atoms with E-state index in [0.29, 0.717) is 39.4 Å². The van der Waals surface area contributed by atoms with Gasteiger partial charge in [0.15, 0.2) is 0 Å². The van der Waals surface area contributed by atoms with Crippen LogP contribution in [0.1, 0.15) is 6.92 Å². The second-order valence-corrected chi connectivity index (χ2v) is 4.31. The monoisotopic (exact) mass is 269 g/mol. The van der Waals surface area contributed by atoms with E-state index in [1.807, 2.05) is 6.92 Å². The van der Waals surface area contributed by atoms with Crippen LogP contribution in [0.3, 0.4) is 0 Å². The maximum Gasteiger partial charge on any atom is 0.292 e. The first-order valence-electron chi connectivity index (χ1n) is 6.48. The topological polar surface area (TPSA) is 79.9 Å². The van der Waals surface area contributed by atoms with E-state index in [1.165, 1.54) is 11.2 Å². The fourth-order valence-corrected chi connectivity index (χ4v) is 2.10. The number of piperazine rings is 1. The Morgan fingerprint density at radius 2 is 2.37 bits per heavy atom. The van der Waals surface area contributed by atoms with Gasteiger partial charge in [-0.05, 0) is 6.92 Å². The molecule has 0 aliphatic carbocycles. The van der Waals surface area contributed by atoms with E-state index < -0.39 is 6.04 Å². The van der Waals surface area contributed by atoms with Gasteiger partial charge in [-0.2, -0.15) is 0 Å². The maximum absolute atomic E-state index is 12.3. The van der Waals surface area contributed by atoms with Crippen LogP contribution < -0.4 is 10.6 Å². The lowest BCUT2D eigenvalue weighted by Crippen LogP contribution is -2.60. The van der Waals surface area contributed by atoms with E-state index in [-0.39, 0.29) is 17.6 Å². The van der Waals surface area contributed by atoms with Gasteiger partial charge in [-0.25, -0.2) is 0 Å². The summed E-state index contributed by atoms with van der Waals surface area (Å²) >= 11 is 0. The molecule has 0 aromatic carbocycles. The second kappa shape index (κ2) is 6.42. The highest BCUT2D eigenvalue weighted by Gasteiger charge is 2.34. The number of likely N-dealkylation sites (N-methyl/N-ethyl adjacent to an activating group) is 1. The Kier molecular flexibility index (Phi) is 4.62. The van der Waals surface area contributed by atoms with Crippen molar-refractivity contribution in [2.45, 2.75) is 13.0 Å². The summed E-state index contributed by atoms with van der Waals surface area (Å²) in [6.07, 6.45) is 1.32. The number of hydrogen-bond donors (Lipinski definition) is 2. The van der Waals surface area contributed by atoms with E-state index in [1.54, 1.807) is 0 Å². The summed E-state index contributed by atoms with van der Waals surface area (Å²) in [5.41, 5.74) is 0. The first kappa shape index (κ1) is 13.7. The average molecular weight is 269 g/mol. The lowest BCUT2D eigenvalue weighted by Gasteiger charge is -2.35. The van der Waals surface area contributed by atoms with E-state index in [0.717, 1.165) is 0 Å². The zero-order chi connectivity index (χ0) is 13.7. The molecule has 0 spiro atoms. The molecule has 2 amide bonds. The highest BCUT2D eigenvalue weighted by molar-refractivity contribution is 5.95. The number of amides is 2. The third kappa shape index (κ3) is 3.17. The number of ether oxygens (including phenoxy) is 2. The van der Waals surface area contributed by atoms with Crippen LogP contribution in [0, 0.1) is 0 Å². The molecule has 2 N–H and O–H groups in total. The summed E-state index contributed by atoms with van der Waals surface area (Å²) in [7, 11) is 0. The lowest BCUT2D eigenvalue weighted by molar-refractivity contribution is -0.142. The summed E-state index contributed by atoms with van der Waals surface area (Å²) in [4.78, 5) is 25.8. The van der Waals surface area contributed by atoms with Gasteiger partial charge < -0.3 is 25.0 Å². The zero-order valence-electron chi connectivity index (χ0n) is 11.0. The Labute approximate surface area is 111 Å². The first-order valence-corrected chi connectivity index (χ1v) is 6.48. The fraction of sp³-hybridized carbons (Fsp3) is 0.667. The second-order valence-electron chi connectivity index (χ2n) is 4.31. The summed E-state index contributed by atoms with van der Waals surface area (Å²) in [6, 6.07) is -0.507. The molecule has 19 heavy (non-hydrogen) atoms. The molecule has 0 radical (unpaired) electrons. The van der Waals surface area contributed by atoms with Crippen molar-refractivity contribution in [1.29, 1.82) is 0 Å². The van der Waals surface area contributed by atoms with Gasteiger partial charge in [0.25, 0.3) is 5.91 Å². The average Bonchev–Trinajstić information content (AvgIpc) is 2.47. The number of carbonyl (C=O) groups excluding carboxylic acids is 2. The highest BCUT2D eigenvalue weighted by Crippen LogP contribution is 2.13. The number of nitrogens with one attached hydrogen (secondary N) is 2. The predicted molar refractivity (Wildman–Crippen MR) is 67.0 cm³/mol. The zero-order valence-corrected chi connectivity index (χ0v) is 11.0. The largest absolute Gasteiger partial charge is 0.494 e. The summed E-state index contributed by atoms with van der Waals surface area (Å²) < 4.78 is 10.4. The minimum Gasteiger partial charge on any atom is -0.494 e. The van der Waals surface area contributed by atoms with E-state index >= 15 is 0 Å². The van der Waals surface area contributed by atoms with Crippen LogP contribution in [-0.4, -0.2) is 62.1 Å². The van der Waals surface area contributed by atoms with Gasteiger partial charge in [0.05, 0.1) is 0 Å². The molecule has 7 heteroatoms. The highest BCUT2D eigenvalue weighted by atomic mass is 16.6. The van der Waals surface area contributed by atoms with Crippen LogP contribution >= 0.6 is 0 Å². The summed E-state index contributed by atoms with van der Waals surface area (Å²) in [5, 5.41) is 5.85. The van der Waals surface area contributed by atoms with Gasteiger partial charge >= 0.3 is 0 Å². The van der Waals surface area contributed by atoms with Crippen molar-refractivity contribution in [3.8, 4) is 0 Å². The molecule has 2 aliphatic heterocycles. The molecule has 7 nitrogen and oxygen atoms in total. The van der Waals surface area contributed by atoms with E-state index in [4.69, 9.17) is 9.47 Å². The molecule has 1 atom stereocenters. The van der Waals surface area contributed by atoms with Crippen molar-refractivity contribution >= 4 is 11.8 Å². The quantitative estimate of drug-likeness (QED) is 0.673. The molecule has 2 aliphatic rings. The van der Waals surface area contributed by atoms with Crippen molar-refractivity contribution in [3.63, 3.8) is 0 Å². The van der Waals surface area contributed by atoms with Gasteiger partial charge in [-0.1, -0.05) is 0 Å². The van der Waals surface area contributed by atoms with Crippen molar-refractivity contribution < 1.29 is 19.1 Å². The van der Waals surface area contributed by atoms with Crippen LogP contribution in [0.15, 0.2) is 12.0 Å². The molecule has 1 unspecified atom stereocenters. The Morgan fingerprint density at radius 1 is 1.53 bits per heavy atom. The van der Waals surface area contributed by atoms with Crippen molar-refractivity contribution in [2.75, 3.05) is 39.4 Å². The first-order chi connectivity index (χ1) is 9.24. The van der Waals surface area contributed by atoms with Gasteiger partial charge in [0.1, 0.15) is 25.5 Å². The third-order valence-corrected chi connectivity index (χ3v) is 3.02. The predicted octanol–water partition coefficient (Wildman–Crippen LogP) is -1.19. The normalized spacial score (nSPS) is 22.9. The molecule has 1 saturated heterocycles. The smallest absolute Gasteiger partial charge is 0.292 e. The lowest BCUT2D eigenvalue weighted by atomic mass is 10.1. The summed E-state index contributed by atoms with van der Waals surface area (Å²) in [5.74, 6) is -0.278. The van der Waals surface area contributed by atoms with E-state index in [2.05, 4.69) is 10.6 Å². The Hall–Kier alpha value is -1.76. The van der Waals surface area contributed by atoms with Gasteiger partial charge in [-0.3, -0.25) is 9.59 Å². The van der Waals surface area contributed by atoms with Gasteiger partial charge in [-0.15, -0.1) is 0 Å². The fourth-order valence-electron chi connectivity index (χ4n) is 2.10. The minimum absolute atomic E-state index is 0.152. The number of rotatable bonds is 3. The third-order valence-electron chi connectivity index (χ3n) is 3.02. The number of hydrogen-bond acceptors (Lipinski definition) is 5. The van der Waals surface area contributed by atoms with Gasteiger partial charge in [0.2, 0.25) is 11.7 Å². The van der Waals surface area contributed by atoms with Crippen LogP contribution in [0.5, 0.6) is 0 Å². The van der Waals surface area contributed by atoms with Crippen molar-refractivity contribution in [2.24, 2.45) is 0 Å². The number of carbonyl (C=O) groups is 2. The molecule has 0 aromatic heterocycles. The van der Waals surface area contributed by atoms with Gasteiger partial charge in [0, 0.05) is 26.2 Å². The summed E-state index contributed by atoms with van der Waals surface area (Å²) in [6.45, 7) is 4.77. The van der Waals surface area contributed by atoms with Crippen LogP contribution in [-0.2, 0) is 19.1 Å². The Bertz CT molecular complexity index is 383. The molecular weight excluding hydrogens is 250 g/mol. The molecule has 0 aromatic rings. The SMILES string of the molecule is CCNC(=O)C1CNCCN1C(=O)C1=COCCO1. The molecule has 0 saturated carbocycles. The molecular formula is C12H19N3O4. The standard InChI is InChI=1S/C12H19N3O4/c1-2-14-11(16)9-7-13-3-4-15(9)12(17)10-8-18-5-6-19-10/h8-9,13H,2-7H2,1H3,(H,14,16). The minimum atomic E-state index is -0.507. The molecule has 0 bridgehead atoms. The van der Waals surface area contributed by atoms with Crippen LogP contribution in [0.4, 0.5) is 0 Å². The van der Waals surface area contributed by atoms with Crippen LogP contribution in [0.25, 0.3) is 0 Å². The Morgan fingerprint density at radius 3 is 3.05 bits per heavy atom. The molecule has 2 rings (SSSR count). The van der Waals surface area contributed by atoms with Crippen molar-refractivity contribution in [3.05, 3.63) is 12.0 Å². The Balaban J connectivity index is 2.08. The van der Waals surface area contributed by atoms with Crippen molar-refractivity contribution in [1.82, 2.24) is 15.5 Å². The molecule has 106 valence electrons. The number of nitrogens with zero attached hydrogens (tertiary/aromatic N) is 1. The van der Waals surface area contributed by atoms with E-state index in [9.17, 15) is 9.59 Å². The maximum atomic E-state index is 12.3. The molecule has 1 fully saturated rings. The molecule has 2 heterocycles. The van der Waals surface area contributed by atoms with Crippen LogP contribution in [0.2, 0.25) is 0 Å².